The van der Waals surface area contributed by atoms with Gasteiger partial charge in [-0.1, -0.05) is 51.4 Å². The summed E-state index contributed by atoms with van der Waals surface area (Å²) in [5.74, 6) is 1.65. The van der Waals surface area contributed by atoms with E-state index in [-0.39, 0.29) is 11.9 Å². The molecule has 0 aliphatic rings. The lowest BCUT2D eigenvalue weighted by Gasteiger charge is -2.16. The molecule has 3 rings (SSSR count). The summed E-state index contributed by atoms with van der Waals surface area (Å²) in [6.07, 6.45) is 1.49. The van der Waals surface area contributed by atoms with Gasteiger partial charge in [-0.15, -0.1) is 16.8 Å². The second kappa shape index (κ2) is 9.58. The Balaban J connectivity index is 1.76. The Morgan fingerprint density at radius 1 is 1.29 bits per heavy atom. The summed E-state index contributed by atoms with van der Waals surface area (Å²) >= 11 is 11.0. The van der Waals surface area contributed by atoms with Gasteiger partial charge >= 0.3 is 0 Å². The van der Waals surface area contributed by atoms with E-state index in [0.29, 0.717) is 23.1 Å². The van der Waals surface area contributed by atoms with Crippen LogP contribution in [-0.4, -0.2) is 14.8 Å². The third kappa shape index (κ3) is 5.16. The minimum Gasteiger partial charge on any atom is -0.483 e. The van der Waals surface area contributed by atoms with Gasteiger partial charge in [0, 0.05) is 21.8 Å². The average molecular weight is 483 g/mol. The van der Waals surface area contributed by atoms with Crippen molar-refractivity contribution in [2.75, 3.05) is 0 Å². The van der Waals surface area contributed by atoms with E-state index in [4.69, 9.17) is 16.3 Å². The number of hydrogen-bond donors (Lipinski definition) is 0. The fraction of sp³-hybridized carbons (Fsp3) is 0.200. The maximum absolute atomic E-state index is 13.2. The second-order valence-corrected chi connectivity index (χ2v) is 8.24. The molecule has 0 saturated heterocycles. The van der Waals surface area contributed by atoms with E-state index in [2.05, 4.69) is 32.7 Å². The minimum absolute atomic E-state index is 0.294. The summed E-state index contributed by atoms with van der Waals surface area (Å²) in [5, 5.41) is 9.73. The normalized spacial score (nSPS) is 12.0. The number of rotatable bonds is 8. The molecule has 1 unspecified atom stereocenters. The third-order valence-corrected chi connectivity index (χ3v) is 5.82. The van der Waals surface area contributed by atoms with E-state index < -0.39 is 0 Å². The van der Waals surface area contributed by atoms with Crippen molar-refractivity contribution in [3.8, 4) is 5.75 Å². The molecule has 0 aliphatic heterocycles. The lowest BCUT2D eigenvalue weighted by molar-refractivity contribution is 0.210. The van der Waals surface area contributed by atoms with Gasteiger partial charge in [-0.25, -0.2) is 4.39 Å². The molecule has 0 N–H and O–H groups in total. The Hall–Kier alpha value is -1.83. The predicted octanol–water partition coefficient (Wildman–Crippen LogP) is 6.45. The molecule has 1 aromatic heterocycles. The van der Waals surface area contributed by atoms with Gasteiger partial charge in [0.1, 0.15) is 11.6 Å². The summed E-state index contributed by atoms with van der Waals surface area (Å²) in [5.41, 5.74) is 0.835. The smallest absolute Gasteiger partial charge is 0.191 e. The zero-order valence-electron chi connectivity index (χ0n) is 15.1. The Bertz CT molecular complexity index is 965. The van der Waals surface area contributed by atoms with Gasteiger partial charge in [0.2, 0.25) is 0 Å². The van der Waals surface area contributed by atoms with Crippen molar-refractivity contribution in [2.45, 2.75) is 30.5 Å². The topological polar surface area (TPSA) is 39.9 Å². The van der Waals surface area contributed by atoms with E-state index in [9.17, 15) is 4.39 Å². The van der Waals surface area contributed by atoms with Gasteiger partial charge in [-0.05, 0) is 48.9 Å². The van der Waals surface area contributed by atoms with E-state index in [0.717, 1.165) is 20.9 Å². The molecule has 0 amide bonds. The van der Waals surface area contributed by atoms with Crippen LogP contribution >= 0.6 is 39.3 Å². The molecule has 0 radical (unpaired) electrons. The number of allylic oxidation sites excluding steroid dienone is 1. The van der Waals surface area contributed by atoms with Crippen molar-refractivity contribution in [1.29, 1.82) is 0 Å². The molecule has 4 nitrogen and oxygen atoms in total. The number of halogens is 3. The van der Waals surface area contributed by atoms with Crippen LogP contribution in [0.2, 0.25) is 5.02 Å². The van der Waals surface area contributed by atoms with Crippen molar-refractivity contribution in [3.63, 3.8) is 0 Å². The Morgan fingerprint density at radius 2 is 2.04 bits per heavy atom. The van der Waals surface area contributed by atoms with Crippen molar-refractivity contribution in [3.05, 3.63) is 81.8 Å². The van der Waals surface area contributed by atoms with E-state index in [1.54, 1.807) is 12.1 Å². The minimum atomic E-state index is -0.352. The molecular formula is C20H18BrClFN3OS. The number of nitrogens with zero attached hydrogens (tertiary/aromatic N) is 3. The van der Waals surface area contributed by atoms with Crippen molar-refractivity contribution in [2.24, 2.45) is 0 Å². The van der Waals surface area contributed by atoms with Crippen LogP contribution in [0.3, 0.4) is 0 Å². The molecule has 146 valence electrons. The number of benzene rings is 2. The lowest BCUT2D eigenvalue weighted by atomic mass is 10.2. The van der Waals surface area contributed by atoms with Crippen LogP contribution in [0.1, 0.15) is 24.4 Å². The van der Waals surface area contributed by atoms with E-state index >= 15 is 0 Å². The first-order valence-electron chi connectivity index (χ1n) is 8.51. The number of hydrogen-bond acceptors (Lipinski definition) is 4. The van der Waals surface area contributed by atoms with Gasteiger partial charge in [-0.2, -0.15) is 0 Å². The maximum atomic E-state index is 13.2. The van der Waals surface area contributed by atoms with Crippen molar-refractivity contribution < 1.29 is 9.13 Å². The summed E-state index contributed by atoms with van der Waals surface area (Å²) < 4.78 is 22.2. The van der Waals surface area contributed by atoms with Crippen LogP contribution in [0.5, 0.6) is 5.75 Å². The summed E-state index contributed by atoms with van der Waals surface area (Å²) in [4.78, 5) is 0. The third-order valence-electron chi connectivity index (χ3n) is 3.92. The standard InChI is InChI=1S/C20H18BrClFN3OS/c1-3-10-26-19(13(2)27-17-8-5-15(21)6-9-17)24-25-20(26)28-12-14-4-7-16(23)11-18(14)22/h3-9,11,13H,1,10,12H2,2H3. The number of thioether (sulfide) groups is 1. The quantitative estimate of drug-likeness (QED) is 0.273. The van der Waals surface area contributed by atoms with Gasteiger partial charge in [-0.3, -0.25) is 4.57 Å². The van der Waals surface area contributed by atoms with E-state index in [1.807, 2.05) is 35.8 Å². The van der Waals surface area contributed by atoms with Crippen LogP contribution < -0.4 is 4.74 Å². The molecule has 1 atom stereocenters. The molecule has 1 heterocycles. The average Bonchev–Trinajstić information content (AvgIpc) is 3.06. The largest absolute Gasteiger partial charge is 0.483 e. The number of ether oxygens (including phenoxy) is 1. The molecule has 0 aliphatic carbocycles. The molecule has 2 aromatic carbocycles. The molecule has 3 aromatic rings. The molecule has 8 heteroatoms. The zero-order valence-corrected chi connectivity index (χ0v) is 18.3. The highest BCUT2D eigenvalue weighted by Gasteiger charge is 2.19. The van der Waals surface area contributed by atoms with Crippen LogP contribution in [-0.2, 0) is 12.3 Å². The first-order chi connectivity index (χ1) is 13.5. The highest BCUT2D eigenvalue weighted by molar-refractivity contribution is 9.10. The predicted molar refractivity (Wildman–Crippen MR) is 114 cm³/mol. The maximum Gasteiger partial charge on any atom is 0.191 e. The van der Waals surface area contributed by atoms with Gasteiger partial charge in [0.25, 0.3) is 0 Å². The molecule has 0 saturated carbocycles. The monoisotopic (exact) mass is 481 g/mol. The van der Waals surface area contributed by atoms with Crippen LogP contribution in [0.25, 0.3) is 0 Å². The second-order valence-electron chi connectivity index (χ2n) is 5.98. The highest BCUT2D eigenvalue weighted by atomic mass is 79.9. The molecule has 28 heavy (non-hydrogen) atoms. The van der Waals surface area contributed by atoms with Gasteiger partial charge < -0.3 is 4.74 Å². The SMILES string of the molecule is C=CCn1c(SCc2ccc(F)cc2Cl)nnc1C(C)Oc1ccc(Br)cc1. The molecule has 0 bridgehead atoms. The van der Waals surface area contributed by atoms with Gasteiger partial charge in [0.15, 0.2) is 17.1 Å². The van der Waals surface area contributed by atoms with Crippen LogP contribution in [0.4, 0.5) is 4.39 Å². The van der Waals surface area contributed by atoms with Crippen molar-refractivity contribution in [1.82, 2.24) is 14.8 Å². The van der Waals surface area contributed by atoms with Crippen molar-refractivity contribution >= 4 is 39.3 Å². The summed E-state index contributed by atoms with van der Waals surface area (Å²) in [6.45, 7) is 6.30. The molecular weight excluding hydrogens is 465 g/mol. The Morgan fingerprint density at radius 3 is 2.71 bits per heavy atom. The first kappa shape index (κ1) is 20.9. The lowest BCUT2D eigenvalue weighted by Crippen LogP contribution is -2.12. The summed E-state index contributed by atoms with van der Waals surface area (Å²) in [6, 6.07) is 12.0. The van der Waals surface area contributed by atoms with E-state index in [1.165, 1.54) is 23.9 Å². The Labute approximate surface area is 180 Å². The first-order valence-corrected chi connectivity index (χ1v) is 10.7. The van der Waals surface area contributed by atoms with Crippen LogP contribution in [0, 0.1) is 5.82 Å². The fourth-order valence-electron chi connectivity index (χ4n) is 2.56. The van der Waals surface area contributed by atoms with Crippen LogP contribution in [0.15, 0.2) is 64.7 Å². The molecule has 0 fully saturated rings. The van der Waals surface area contributed by atoms with Gasteiger partial charge in [0.05, 0.1) is 0 Å². The molecule has 0 spiro atoms. The summed E-state index contributed by atoms with van der Waals surface area (Å²) in [7, 11) is 0. The number of aromatic nitrogens is 3. The zero-order chi connectivity index (χ0) is 20.1. The highest BCUT2D eigenvalue weighted by Crippen LogP contribution is 2.29. The fourth-order valence-corrected chi connectivity index (χ4v) is 4.10. The Kier molecular flexibility index (Phi) is 7.15.